The van der Waals surface area contributed by atoms with E-state index in [1.165, 1.54) is 55.3 Å². The predicted octanol–water partition coefficient (Wildman–Crippen LogP) is 18.2. The molecular formula is C64H43NO. The van der Waals surface area contributed by atoms with Crippen LogP contribution in [0.25, 0.3) is 99.5 Å². The molecule has 0 N–H and O–H groups in total. The van der Waals surface area contributed by atoms with Crippen molar-refractivity contribution in [2.24, 2.45) is 0 Å². The van der Waals surface area contributed by atoms with Crippen LogP contribution < -0.4 is 4.90 Å². The highest BCUT2D eigenvalue weighted by Crippen LogP contribution is 2.47. The summed E-state index contributed by atoms with van der Waals surface area (Å²) in [6.45, 7) is 0. The van der Waals surface area contributed by atoms with Crippen molar-refractivity contribution < 1.29 is 4.42 Å². The summed E-state index contributed by atoms with van der Waals surface area (Å²) in [5, 5.41) is 4.74. The fourth-order valence-corrected chi connectivity index (χ4v) is 9.60. The summed E-state index contributed by atoms with van der Waals surface area (Å²) in [6.07, 6.45) is 0. The van der Waals surface area contributed by atoms with Crippen LogP contribution in [0.5, 0.6) is 0 Å². The SMILES string of the molecule is c1ccc(-c2ccc(-c3ccccc3N(c3ccc(-c4ccc5ccccc5c4)cc3)c3ccc(-c4ccc5c(c4)oc4ccccc45)cc3)c(-c3ccccc3-c3ccccc3)c2)cc1. The molecule has 0 bridgehead atoms. The van der Waals surface area contributed by atoms with Gasteiger partial charge in [0.15, 0.2) is 0 Å². The van der Waals surface area contributed by atoms with E-state index in [9.17, 15) is 0 Å². The minimum Gasteiger partial charge on any atom is -0.456 e. The molecule has 0 spiro atoms. The van der Waals surface area contributed by atoms with Gasteiger partial charge in [-0.1, -0.05) is 200 Å². The molecule has 0 atom stereocenters. The second-order valence-electron chi connectivity index (χ2n) is 16.9. The summed E-state index contributed by atoms with van der Waals surface area (Å²) >= 11 is 0. The minimum absolute atomic E-state index is 0.891. The van der Waals surface area contributed by atoms with Crippen LogP contribution in [-0.2, 0) is 0 Å². The molecule has 2 nitrogen and oxygen atoms in total. The molecule has 66 heavy (non-hydrogen) atoms. The van der Waals surface area contributed by atoms with E-state index in [0.29, 0.717) is 0 Å². The molecule has 2 heteroatoms. The minimum atomic E-state index is 0.891. The van der Waals surface area contributed by atoms with E-state index < -0.39 is 0 Å². The standard InChI is InChI=1S/C64H43NO/c1-3-15-44(16-4-1)51-33-39-57(61(42-51)56-22-10-9-21-55(56)48-18-5-2-6-19-48)58-23-11-13-25-62(58)65(53-35-29-46(30-36-53)50-28-27-45-17-7-8-20-49(45)41-50)54-37-31-47(32-38-54)52-34-40-60-59-24-12-14-26-63(59)66-64(60)43-52/h1-43H. The van der Waals surface area contributed by atoms with Crippen LogP contribution in [0, 0.1) is 0 Å². The average Bonchev–Trinajstić information content (AvgIpc) is 3.78. The molecule has 0 unspecified atom stereocenters. The van der Waals surface area contributed by atoms with E-state index >= 15 is 0 Å². The summed E-state index contributed by atoms with van der Waals surface area (Å²) in [6, 6.07) is 94.1. The fourth-order valence-electron chi connectivity index (χ4n) is 9.60. The maximum absolute atomic E-state index is 6.31. The van der Waals surface area contributed by atoms with Gasteiger partial charge in [-0.3, -0.25) is 0 Å². The molecule has 0 radical (unpaired) electrons. The van der Waals surface area contributed by atoms with Gasteiger partial charge in [-0.05, 0) is 133 Å². The highest BCUT2D eigenvalue weighted by molar-refractivity contribution is 6.06. The largest absolute Gasteiger partial charge is 0.456 e. The van der Waals surface area contributed by atoms with E-state index in [0.717, 1.165) is 61.3 Å². The van der Waals surface area contributed by atoms with Gasteiger partial charge < -0.3 is 9.32 Å². The number of hydrogen-bond acceptors (Lipinski definition) is 2. The van der Waals surface area contributed by atoms with E-state index in [2.05, 4.69) is 254 Å². The third-order valence-corrected chi connectivity index (χ3v) is 12.9. The fraction of sp³-hybridized carbons (Fsp3) is 0. The molecule has 12 rings (SSSR count). The Morgan fingerprint density at radius 1 is 0.242 bits per heavy atom. The Morgan fingerprint density at radius 3 is 1.47 bits per heavy atom. The van der Waals surface area contributed by atoms with Crippen molar-refractivity contribution in [3.8, 4) is 66.8 Å². The van der Waals surface area contributed by atoms with Gasteiger partial charge >= 0.3 is 0 Å². The maximum Gasteiger partial charge on any atom is 0.136 e. The summed E-state index contributed by atoms with van der Waals surface area (Å²) in [5.74, 6) is 0. The number of hydrogen-bond donors (Lipinski definition) is 0. The number of para-hydroxylation sites is 2. The molecule has 1 aromatic heterocycles. The van der Waals surface area contributed by atoms with Gasteiger partial charge in [-0.25, -0.2) is 0 Å². The Labute approximate surface area is 384 Å². The molecule has 0 fully saturated rings. The number of fused-ring (bicyclic) bond motifs is 4. The summed E-state index contributed by atoms with van der Waals surface area (Å²) in [7, 11) is 0. The number of nitrogens with zero attached hydrogens (tertiary/aromatic N) is 1. The van der Waals surface area contributed by atoms with E-state index in [-0.39, 0.29) is 0 Å². The molecule has 0 aliphatic heterocycles. The number of rotatable bonds is 9. The van der Waals surface area contributed by atoms with Crippen molar-refractivity contribution in [3.63, 3.8) is 0 Å². The van der Waals surface area contributed by atoms with Gasteiger partial charge in [0, 0.05) is 27.7 Å². The Balaban J connectivity index is 1.02. The molecular weight excluding hydrogens is 799 g/mol. The predicted molar refractivity (Wildman–Crippen MR) is 279 cm³/mol. The molecule has 0 aliphatic carbocycles. The van der Waals surface area contributed by atoms with Crippen molar-refractivity contribution in [1.29, 1.82) is 0 Å². The first-order valence-electron chi connectivity index (χ1n) is 22.6. The van der Waals surface area contributed by atoms with Gasteiger partial charge in [0.2, 0.25) is 0 Å². The highest BCUT2D eigenvalue weighted by Gasteiger charge is 2.21. The zero-order chi connectivity index (χ0) is 43.8. The second kappa shape index (κ2) is 16.8. The van der Waals surface area contributed by atoms with Crippen LogP contribution in [0.2, 0.25) is 0 Å². The van der Waals surface area contributed by atoms with Crippen molar-refractivity contribution >= 4 is 49.8 Å². The van der Waals surface area contributed by atoms with E-state index in [1.54, 1.807) is 0 Å². The van der Waals surface area contributed by atoms with Gasteiger partial charge in [0.25, 0.3) is 0 Å². The summed E-state index contributed by atoms with van der Waals surface area (Å²) < 4.78 is 6.31. The Morgan fingerprint density at radius 2 is 0.727 bits per heavy atom. The van der Waals surface area contributed by atoms with Crippen LogP contribution in [0.15, 0.2) is 265 Å². The first kappa shape index (κ1) is 38.9. The molecule has 11 aromatic carbocycles. The Kier molecular flexibility index (Phi) is 9.89. The Bertz CT molecular complexity index is 3680. The van der Waals surface area contributed by atoms with Crippen molar-refractivity contribution in [2.75, 3.05) is 4.90 Å². The maximum atomic E-state index is 6.31. The van der Waals surface area contributed by atoms with Crippen LogP contribution in [0.4, 0.5) is 17.1 Å². The quantitative estimate of drug-likeness (QED) is 0.144. The monoisotopic (exact) mass is 841 g/mol. The first-order valence-corrected chi connectivity index (χ1v) is 22.6. The number of furan rings is 1. The molecule has 0 saturated heterocycles. The molecule has 310 valence electrons. The van der Waals surface area contributed by atoms with Crippen LogP contribution in [0.1, 0.15) is 0 Å². The van der Waals surface area contributed by atoms with Crippen molar-refractivity contribution in [2.45, 2.75) is 0 Å². The lowest BCUT2D eigenvalue weighted by molar-refractivity contribution is 0.669. The lowest BCUT2D eigenvalue weighted by atomic mass is 9.86. The molecule has 1 heterocycles. The molecule has 12 aromatic rings. The zero-order valence-electron chi connectivity index (χ0n) is 36.2. The number of anilines is 3. The zero-order valence-corrected chi connectivity index (χ0v) is 36.2. The molecule has 0 saturated carbocycles. The third kappa shape index (κ3) is 7.21. The average molecular weight is 842 g/mol. The topological polar surface area (TPSA) is 16.4 Å². The summed E-state index contributed by atoms with van der Waals surface area (Å²) in [5.41, 5.74) is 19.0. The van der Waals surface area contributed by atoms with Gasteiger partial charge in [0.05, 0.1) is 5.69 Å². The first-order chi connectivity index (χ1) is 32.7. The number of benzene rings is 11. The van der Waals surface area contributed by atoms with E-state index in [1.807, 2.05) is 12.1 Å². The van der Waals surface area contributed by atoms with Crippen LogP contribution in [0.3, 0.4) is 0 Å². The smallest absolute Gasteiger partial charge is 0.136 e. The Hall–Kier alpha value is -8.72. The van der Waals surface area contributed by atoms with Crippen LogP contribution >= 0.6 is 0 Å². The van der Waals surface area contributed by atoms with Crippen molar-refractivity contribution in [3.05, 3.63) is 261 Å². The van der Waals surface area contributed by atoms with Gasteiger partial charge in [-0.15, -0.1) is 0 Å². The van der Waals surface area contributed by atoms with Gasteiger partial charge in [-0.2, -0.15) is 0 Å². The molecule has 0 amide bonds. The highest BCUT2D eigenvalue weighted by atomic mass is 16.3. The lowest BCUT2D eigenvalue weighted by Gasteiger charge is -2.29. The van der Waals surface area contributed by atoms with Gasteiger partial charge in [0.1, 0.15) is 11.2 Å². The third-order valence-electron chi connectivity index (χ3n) is 12.9. The molecule has 0 aliphatic rings. The normalized spacial score (nSPS) is 11.3. The lowest BCUT2D eigenvalue weighted by Crippen LogP contribution is -2.11. The second-order valence-corrected chi connectivity index (χ2v) is 16.9. The summed E-state index contributed by atoms with van der Waals surface area (Å²) in [4.78, 5) is 2.41. The van der Waals surface area contributed by atoms with E-state index in [4.69, 9.17) is 4.42 Å². The van der Waals surface area contributed by atoms with Crippen LogP contribution in [-0.4, -0.2) is 0 Å². The van der Waals surface area contributed by atoms with Crippen molar-refractivity contribution in [1.82, 2.24) is 0 Å².